The van der Waals surface area contributed by atoms with E-state index in [0.717, 1.165) is 17.7 Å². The van der Waals surface area contributed by atoms with Crippen LogP contribution >= 0.6 is 0 Å². The second-order valence-electron chi connectivity index (χ2n) is 9.70. The van der Waals surface area contributed by atoms with E-state index in [4.69, 9.17) is 0 Å². The number of fused-ring (bicyclic) bond motifs is 1. The summed E-state index contributed by atoms with van der Waals surface area (Å²) in [5.41, 5.74) is 2.33. The molecule has 0 atom stereocenters. The van der Waals surface area contributed by atoms with Crippen LogP contribution in [-0.2, 0) is 12.6 Å². The molecule has 13 heteroatoms. The van der Waals surface area contributed by atoms with Crippen LogP contribution in [0.1, 0.15) is 28.4 Å². The molecule has 0 aliphatic carbocycles. The summed E-state index contributed by atoms with van der Waals surface area (Å²) in [6, 6.07) is 8.62. The van der Waals surface area contributed by atoms with E-state index in [2.05, 4.69) is 35.9 Å². The Balaban J connectivity index is 1.64. The number of rotatable bonds is 10. The van der Waals surface area contributed by atoms with E-state index in [9.17, 15) is 18.0 Å². The number of carbonyl (C=O) groups is 1. The van der Waals surface area contributed by atoms with Crippen LogP contribution in [0, 0.1) is 0 Å². The molecule has 1 amide bonds. The maximum absolute atomic E-state index is 13.7. The van der Waals surface area contributed by atoms with Gasteiger partial charge in [-0.3, -0.25) is 4.79 Å². The van der Waals surface area contributed by atoms with Crippen molar-refractivity contribution in [1.29, 1.82) is 0 Å². The van der Waals surface area contributed by atoms with Gasteiger partial charge in [-0.1, -0.05) is 13.0 Å². The summed E-state index contributed by atoms with van der Waals surface area (Å²) >= 11 is 0. The molecule has 2 aromatic heterocycles. The Hall–Kier alpha value is -4.52. The number of alkyl halides is 3. The van der Waals surface area contributed by atoms with Crippen LogP contribution in [0.5, 0.6) is 0 Å². The molecule has 0 aliphatic rings. The molecule has 41 heavy (non-hydrogen) atoms. The van der Waals surface area contributed by atoms with Crippen molar-refractivity contribution in [3.8, 4) is 0 Å². The van der Waals surface area contributed by atoms with E-state index >= 15 is 0 Å². The lowest BCUT2D eigenvalue weighted by Gasteiger charge is -2.23. The summed E-state index contributed by atoms with van der Waals surface area (Å²) in [5, 5.41) is 8.77. The lowest BCUT2D eigenvalue weighted by molar-refractivity contribution is -0.137. The van der Waals surface area contributed by atoms with Crippen LogP contribution in [0.2, 0.25) is 0 Å². The van der Waals surface area contributed by atoms with Gasteiger partial charge in [0, 0.05) is 49.8 Å². The van der Waals surface area contributed by atoms with Crippen molar-refractivity contribution in [3.63, 3.8) is 0 Å². The van der Waals surface area contributed by atoms with Crippen molar-refractivity contribution in [2.45, 2.75) is 19.5 Å². The van der Waals surface area contributed by atoms with Crippen molar-refractivity contribution in [3.05, 3.63) is 65.6 Å². The minimum atomic E-state index is -4.57. The third-order valence-electron chi connectivity index (χ3n) is 6.43. The zero-order valence-electron chi connectivity index (χ0n) is 23.5. The number of nitrogens with zero attached hydrogens (tertiary/aromatic N) is 6. The van der Waals surface area contributed by atoms with Gasteiger partial charge in [-0.2, -0.15) is 13.2 Å². The number of hydrogen-bond donors (Lipinski definition) is 3. The van der Waals surface area contributed by atoms with Crippen LogP contribution < -0.4 is 20.9 Å². The Morgan fingerprint density at radius 2 is 1.78 bits per heavy atom. The third kappa shape index (κ3) is 7.17. The summed E-state index contributed by atoms with van der Waals surface area (Å²) in [5.74, 6) is 0.265. The van der Waals surface area contributed by atoms with Gasteiger partial charge in [0.05, 0.1) is 11.8 Å². The number of halogens is 3. The van der Waals surface area contributed by atoms with Gasteiger partial charge < -0.3 is 25.8 Å². The molecule has 4 rings (SSSR count). The average Bonchev–Trinajstić information content (AvgIpc) is 2.95. The topological polar surface area (TPSA) is 111 Å². The van der Waals surface area contributed by atoms with Gasteiger partial charge in [-0.25, -0.2) is 19.9 Å². The highest BCUT2D eigenvalue weighted by molar-refractivity contribution is 6.05. The predicted octanol–water partition coefficient (Wildman–Crippen LogP) is 5.04. The second kappa shape index (κ2) is 12.3. The maximum Gasteiger partial charge on any atom is 0.416 e. The third-order valence-corrected chi connectivity index (χ3v) is 6.43. The fourth-order valence-corrected chi connectivity index (χ4v) is 4.09. The first-order chi connectivity index (χ1) is 19.5. The summed E-state index contributed by atoms with van der Waals surface area (Å²) in [4.78, 5) is 34.1. The van der Waals surface area contributed by atoms with Crippen LogP contribution in [-0.4, -0.2) is 72.0 Å². The van der Waals surface area contributed by atoms with Crippen molar-refractivity contribution in [1.82, 2.24) is 24.8 Å². The fraction of sp³-hybridized carbons (Fsp3) is 0.321. The summed E-state index contributed by atoms with van der Waals surface area (Å²) < 4.78 is 41.2. The Morgan fingerprint density at radius 3 is 2.46 bits per heavy atom. The molecular weight excluding hydrogens is 535 g/mol. The lowest BCUT2D eigenvalue weighted by atomic mass is 10.1. The molecule has 0 saturated carbocycles. The number of aryl methyl sites for hydroxylation is 1. The molecule has 2 aromatic carbocycles. The molecule has 0 fully saturated rings. The number of likely N-dealkylation sites (N-methyl/N-ethyl adjacent to an activating group) is 2. The number of hydrogen-bond acceptors (Lipinski definition) is 9. The number of carbonyl (C=O) groups excluding carboxylic acids is 1. The van der Waals surface area contributed by atoms with Crippen molar-refractivity contribution in [2.75, 3.05) is 62.1 Å². The maximum atomic E-state index is 13.7. The number of amides is 1. The average molecular weight is 568 g/mol. The molecule has 0 unspecified atom stereocenters. The first kappa shape index (κ1) is 29.5. The predicted molar refractivity (Wildman–Crippen MR) is 155 cm³/mol. The fourth-order valence-electron chi connectivity index (χ4n) is 4.09. The van der Waals surface area contributed by atoms with Gasteiger partial charge >= 0.3 is 6.18 Å². The second-order valence-corrected chi connectivity index (χ2v) is 9.70. The zero-order valence-corrected chi connectivity index (χ0v) is 23.5. The first-order valence-electron chi connectivity index (χ1n) is 12.9. The molecule has 216 valence electrons. The van der Waals surface area contributed by atoms with Crippen LogP contribution in [0.15, 0.2) is 48.9 Å². The molecule has 2 heterocycles. The molecule has 0 radical (unpaired) electrons. The van der Waals surface area contributed by atoms with Gasteiger partial charge in [0.2, 0.25) is 5.95 Å². The van der Waals surface area contributed by atoms with Crippen LogP contribution in [0.25, 0.3) is 11.0 Å². The van der Waals surface area contributed by atoms with Crippen LogP contribution in [0.3, 0.4) is 0 Å². The Kier molecular flexibility index (Phi) is 8.86. The Bertz CT molecular complexity index is 1540. The molecule has 10 nitrogen and oxygen atoms in total. The molecule has 0 bridgehead atoms. The highest BCUT2D eigenvalue weighted by Gasteiger charge is 2.32. The smallest absolute Gasteiger partial charge is 0.373 e. The van der Waals surface area contributed by atoms with Crippen molar-refractivity contribution in [2.24, 2.45) is 0 Å². The highest BCUT2D eigenvalue weighted by atomic mass is 19.4. The minimum absolute atomic E-state index is 0.0451. The van der Waals surface area contributed by atoms with E-state index < -0.39 is 17.6 Å². The van der Waals surface area contributed by atoms with E-state index in [1.165, 1.54) is 12.4 Å². The van der Waals surface area contributed by atoms with Crippen LogP contribution in [0.4, 0.5) is 42.0 Å². The lowest BCUT2D eigenvalue weighted by Crippen LogP contribution is -2.28. The number of anilines is 5. The monoisotopic (exact) mass is 567 g/mol. The minimum Gasteiger partial charge on any atom is -0.373 e. The van der Waals surface area contributed by atoms with E-state index in [1.807, 2.05) is 25.9 Å². The van der Waals surface area contributed by atoms with Gasteiger partial charge in [-0.15, -0.1) is 0 Å². The number of nitrogens with one attached hydrogen (secondary N) is 3. The molecular formula is C28H32F3N9O. The molecule has 3 N–H and O–H groups in total. The normalized spacial score (nSPS) is 11.5. The zero-order chi connectivity index (χ0) is 29.7. The summed E-state index contributed by atoms with van der Waals surface area (Å²) in [6.45, 7) is 3.13. The first-order valence-corrected chi connectivity index (χ1v) is 12.9. The van der Waals surface area contributed by atoms with Gasteiger partial charge in [0.15, 0.2) is 5.82 Å². The molecule has 0 saturated heterocycles. The standard InChI is InChI=1S/C28H32F3N9O/c1-6-17-7-8-18(11-22(17)37-25-24-23(34-16-35-25)15-33-27(32-2)38-24)26(41)36-20-12-19(28(29,30)31)13-21(14-20)40(5)10-9-39(3)4/h7-8,11-16H,6,9-10H2,1-5H3,(H,36,41)(H,32,33,38)(H,34,35,37). The number of aromatic nitrogens is 4. The highest BCUT2D eigenvalue weighted by Crippen LogP contribution is 2.35. The largest absolute Gasteiger partial charge is 0.416 e. The van der Waals surface area contributed by atoms with Gasteiger partial charge in [0.25, 0.3) is 5.91 Å². The Morgan fingerprint density at radius 1 is 1.00 bits per heavy atom. The SMILES string of the molecule is CCc1ccc(C(=O)Nc2cc(N(C)CCN(C)C)cc(C(F)(F)F)c2)cc1Nc1ncnc2cnc(NC)nc12. The van der Waals surface area contributed by atoms with Crippen molar-refractivity contribution >= 4 is 45.8 Å². The molecule has 4 aromatic rings. The Labute approximate surface area is 236 Å². The number of benzene rings is 2. The molecule has 0 spiro atoms. The quantitative estimate of drug-likeness (QED) is 0.243. The molecule has 0 aliphatic heterocycles. The van der Waals surface area contributed by atoms with Gasteiger partial charge in [0.1, 0.15) is 17.4 Å². The van der Waals surface area contributed by atoms with E-state index in [1.54, 1.807) is 43.4 Å². The van der Waals surface area contributed by atoms with E-state index in [-0.39, 0.29) is 11.3 Å². The summed E-state index contributed by atoms with van der Waals surface area (Å²) in [7, 11) is 7.19. The van der Waals surface area contributed by atoms with E-state index in [0.29, 0.717) is 53.7 Å². The van der Waals surface area contributed by atoms with Crippen molar-refractivity contribution < 1.29 is 18.0 Å². The van der Waals surface area contributed by atoms with Gasteiger partial charge in [-0.05, 0) is 56.4 Å². The summed E-state index contributed by atoms with van der Waals surface area (Å²) in [6.07, 6.45) is -0.960.